The molecule has 1 saturated heterocycles. The van der Waals surface area contributed by atoms with E-state index in [4.69, 9.17) is 0 Å². The van der Waals surface area contributed by atoms with Gasteiger partial charge in [-0.15, -0.1) is 0 Å². The Morgan fingerprint density at radius 1 is 1.41 bits per heavy atom. The standard InChI is InChI=1S/C16H22BrN5/c1-12-8-18-5-6-22(12)15-3-4-16(19-9-15)20-14-7-13(17)10-21(2)11-14/h3-4,7,9-10,12,18H,5-6,8,11H2,1-2H3,(H,19,20)/t12-/m0/s1. The second-order valence-corrected chi connectivity index (χ2v) is 6.79. The first-order valence-corrected chi connectivity index (χ1v) is 8.40. The zero-order chi connectivity index (χ0) is 15.5. The van der Waals surface area contributed by atoms with Crippen molar-refractivity contribution < 1.29 is 0 Å². The molecule has 0 unspecified atom stereocenters. The zero-order valence-electron chi connectivity index (χ0n) is 13.0. The van der Waals surface area contributed by atoms with Crippen LogP contribution in [0.5, 0.6) is 0 Å². The number of anilines is 2. The number of piperazine rings is 1. The smallest absolute Gasteiger partial charge is 0.130 e. The minimum atomic E-state index is 0.505. The normalized spacial score (nSPS) is 22.2. The molecule has 1 aromatic heterocycles. The van der Waals surface area contributed by atoms with Crippen LogP contribution >= 0.6 is 15.9 Å². The molecule has 0 radical (unpaired) electrons. The largest absolute Gasteiger partial charge is 0.374 e. The summed E-state index contributed by atoms with van der Waals surface area (Å²) in [6.45, 7) is 6.19. The number of rotatable bonds is 3. The number of pyridine rings is 1. The minimum Gasteiger partial charge on any atom is -0.374 e. The average molecular weight is 364 g/mol. The third kappa shape index (κ3) is 3.62. The third-order valence-corrected chi connectivity index (χ3v) is 4.38. The fraction of sp³-hybridized carbons (Fsp3) is 0.438. The molecule has 3 heterocycles. The van der Waals surface area contributed by atoms with Crippen LogP contribution in [-0.4, -0.2) is 49.2 Å². The average Bonchev–Trinajstić information content (AvgIpc) is 2.48. The van der Waals surface area contributed by atoms with Gasteiger partial charge in [0.2, 0.25) is 0 Å². The zero-order valence-corrected chi connectivity index (χ0v) is 14.6. The summed E-state index contributed by atoms with van der Waals surface area (Å²) in [7, 11) is 2.05. The number of nitrogens with one attached hydrogen (secondary N) is 2. The summed E-state index contributed by atoms with van der Waals surface area (Å²) in [5, 5.41) is 6.80. The molecule has 22 heavy (non-hydrogen) atoms. The fourth-order valence-electron chi connectivity index (χ4n) is 2.87. The van der Waals surface area contributed by atoms with Gasteiger partial charge >= 0.3 is 0 Å². The molecule has 1 fully saturated rings. The van der Waals surface area contributed by atoms with E-state index in [9.17, 15) is 0 Å². The highest BCUT2D eigenvalue weighted by molar-refractivity contribution is 9.11. The highest BCUT2D eigenvalue weighted by Crippen LogP contribution is 2.21. The molecule has 2 aliphatic rings. The molecule has 0 aromatic carbocycles. The van der Waals surface area contributed by atoms with Gasteiger partial charge in [0.1, 0.15) is 5.82 Å². The number of allylic oxidation sites excluding steroid dienone is 2. The lowest BCUT2D eigenvalue weighted by Gasteiger charge is -2.35. The van der Waals surface area contributed by atoms with Crippen LogP contribution in [0.25, 0.3) is 0 Å². The predicted octanol–water partition coefficient (Wildman–Crippen LogP) is 2.36. The van der Waals surface area contributed by atoms with Crippen LogP contribution in [0.15, 0.2) is 40.8 Å². The third-order valence-electron chi connectivity index (χ3n) is 3.95. The van der Waals surface area contributed by atoms with E-state index in [-0.39, 0.29) is 0 Å². The van der Waals surface area contributed by atoms with E-state index in [2.05, 4.69) is 79.7 Å². The first kappa shape index (κ1) is 15.4. The molecule has 1 atom stereocenters. The van der Waals surface area contributed by atoms with Crippen molar-refractivity contribution in [3.05, 3.63) is 40.8 Å². The molecule has 0 amide bonds. The van der Waals surface area contributed by atoms with Crippen molar-refractivity contribution in [2.45, 2.75) is 13.0 Å². The Bertz CT molecular complexity index is 581. The number of likely N-dealkylation sites (N-methyl/N-ethyl adjacent to an activating group) is 1. The first-order valence-electron chi connectivity index (χ1n) is 7.60. The van der Waals surface area contributed by atoms with Crippen molar-refractivity contribution in [3.8, 4) is 0 Å². The predicted molar refractivity (Wildman–Crippen MR) is 95.3 cm³/mol. The summed E-state index contributed by atoms with van der Waals surface area (Å²) in [5.41, 5.74) is 2.32. The van der Waals surface area contributed by atoms with Gasteiger partial charge in [-0.05, 0) is 41.1 Å². The van der Waals surface area contributed by atoms with E-state index in [1.54, 1.807) is 0 Å². The molecule has 0 saturated carbocycles. The van der Waals surface area contributed by atoms with Crippen LogP contribution < -0.4 is 15.5 Å². The summed E-state index contributed by atoms with van der Waals surface area (Å²) < 4.78 is 1.06. The van der Waals surface area contributed by atoms with Gasteiger partial charge in [-0.3, -0.25) is 0 Å². The monoisotopic (exact) mass is 363 g/mol. The molecule has 0 spiro atoms. The Morgan fingerprint density at radius 3 is 2.95 bits per heavy atom. The van der Waals surface area contributed by atoms with Gasteiger partial charge in [-0.2, -0.15) is 0 Å². The van der Waals surface area contributed by atoms with Gasteiger partial charge in [-0.1, -0.05) is 0 Å². The van der Waals surface area contributed by atoms with Gasteiger partial charge in [0, 0.05) is 49.1 Å². The van der Waals surface area contributed by atoms with Gasteiger partial charge in [-0.25, -0.2) is 4.98 Å². The van der Waals surface area contributed by atoms with Crippen LogP contribution in [0, 0.1) is 0 Å². The molecule has 2 N–H and O–H groups in total. The summed E-state index contributed by atoms with van der Waals surface area (Å²) in [6, 6.07) is 4.71. The molecule has 0 aliphatic carbocycles. The molecule has 5 nitrogen and oxygen atoms in total. The lowest BCUT2D eigenvalue weighted by atomic mass is 10.2. The Balaban J connectivity index is 1.68. The summed E-state index contributed by atoms with van der Waals surface area (Å²) >= 11 is 3.52. The lowest BCUT2D eigenvalue weighted by molar-refractivity contribution is 0.491. The maximum Gasteiger partial charge on any atom is 0.130 e. The van der Waals surface area contributed by atoms with Crippen LogP contribution in [0.2, 0.25) is 0 Å². The van der Waals surface area contributed by atoms with Crippen molar-refractivity contribution in [3.63, 3.8) is 0 Å². The van der Waals surface area contributed by atoms with E-state index < -0.39 is 0 Å². The molecule has 6 heteroatoms. The van der Waals surface area contributed by atoms with Crippen LogP contribution in [0.1, 0.15) is 6.92 Å². The Morgan fingerprint density at radius 2 is 2.27 bits per heavy atom. The minimum absolute atomic E-state index is 0.505. The van der Waals surface area contributed by atoms with Crippen LogP contribution in [0.4, 0.5) is 11.5 Å². The Labute approximate surface area is 140 Å². The van der Waals surface area contributed by atoms with Gasteiger partial charge in [0.25, 0.3) is 0 Å². The van der Waals surface area contributed by atoms with Crippen LogP contribution in [-0.2, 0) is 0 Å². The second kappa shape index (κ2) is 6.71. The number of nitrogens with zero attached hydrogens (tertiary/aromatic N) is 3. The molecular formula is C16H22BrN5. The molecule has 0 bridgehead atoms. The summed E-state index contributed by atoms with van der Waals surface area (Å²) in [4.78, 5) is 9.10. The molecular weight excluding hydrogens is 342 g/mol. The quantitative estimate of drug-likeness (QED) is 0.862. The lowest BCUT2D eigenvalue weighted by Crippen LogP contribution is -2.49. The Hall–Kier alpha value is -1.53. The maximum absolute atomic E-state index is 4.57. The maximum atomic E-state index is 4.57. The van der Waals surface area contributed by atoms with Crippen molar-refractivity contribution >= 4 is 27.4 Å². The first-order chi connectivity index (χ1) is 10.6. The number of hydrogen-bond acceptors (Lipinski definition) is 5. The topological polar surface area (TPSA) is 43.4 Å². The molecule has 3 rings (SSSR count). The van der Waals surface area contributed by atoms with E-state index in [1.165, 1.54) is 5.69 Å². The van der Waals surface area contributed by atoms with Crippen molar-refractivity contribution in [1.29, 1.82) is 0 Å². The van der Waals surface area contributed by atoms with E-state index >= 15 is 0 Å². The van der Waals surface area contributed by atoms with Crippen molar-refractivity contribution in [1.82, 2.24) is 15.2 Å². The van der Waals surface area contributed by atoms with Crippen molar-refractivity contribution in [2.75, 3.05) is 43.4 Å². The summed E-state index contributed by atoms with van der Waals surface area (Å²) in [6.07, 6.45) is 6.11. The van der Waals surface area contributed by atoms with E-state index in [1.807, 2.05) is 6.20 Å². The SMILES string of the molecule is C[C@H]1CNCCN1c1ccc(NC2=CC(Br)=CN(C)C2)nc1. The van der Waals surface area contributed by atoms with Gasteiger partial charge in [0.15, 0.2) is 0 Å². The number of hydrogen-bond donors (Lipinski definition) is 2. The van der Waals surface area contributed by atoms with E-state index in [0.717, 1.165) is 42.2 Å². The Kier molecular flexibility index (Phi) is 4.69. The molecule has 2 aliphatic heterocycles. The summed E-state index contributed by atoms with van der Waals surface area (Å²) in [5.74, 6) is 0.883. The van der Waals surface area contributed by atoms with Gasteiger partial charge < -0.3 is 20.4 Å². The molecule has 118 valence electrons. The van der Waals surface area contributed by atoms with Crippen LogP contribution in [0.3, 0.4) is 0 Å². The van der Waals surface area contributed by atoms with E-state index in [0.29, 0.717) is 6.04 Å². The number of aromatic nitrogens is 1. The van der Waals surface area contributed by atoms with Crippen molar-refractivity contribution in [2.24, 2.45) is 0 Å². The highest BCUT2D eigenvalue weighted by atomic mass is 79.9. The highest BCUT2D eigenvalue weighted by Gasteiger charge is 2.18. The second-order valence-electron chi connectivity index (χ2n) is 5.87. The molecule has 1 aromatic rings. The fourth-order valence-corrected chi connectivity index (χ4v) is 3.49. The number of halogens is 1. The van der Waals surface area contributed by atoms with Gasteiger partial charge in [0.05, 0.1) is 18.4 Å².